The highest BCUT2D eigenvalue weighted by Gasteiger charge is 2.34. The largest absolute Gasteiger partial charge is 0.530 e. The fraction of sp³-hybridized carbons (Fsp3) is 0.217. The highest BCUT2D eigenvalue weighted by molar-refractivity contribution is 7.43. The standard InChI is InChI=1S/C46H44O6P2/c1-27-25-29(3)45(51-53-47-39-21-13-9-17-35(39)33(7)36-18-10-14-22-40(36)48-53)43(31(27)5)44-32(6)28(2)26-30(4)46(44)52-54-49-41-23-15-11-19-37(41)34(8)38-20-12-16-24-42(38)50-54/h9-26,33-34H,1-8H3. The summed E-state index contributed by atoms with van der Waals surface area (Å²) in [7, 11) is -3.87. The number of para-hydroxylation sites is 4. The third-order valence-electron chi connectivity index (χ3n) is 10.8. The second kappa shape index (κ2) is 14.7. The molecule has 0 bridgehead atoms. The van der Waals surface area contributed by atoms with Gasteiger partial charge in [-0.15, -0.1) is 0 Å². The number of rotatable bonds is 5. The molecule has 0 saturated heterocycles. The van der Waals surface area contributed by atoms with E-state index in [-0.39, 0.29) is 11.8 Å². The van der Waals surface area contributed by atoms with E-state index < -0.39 is 17.2 Å². The molecule has 54 heavy (non-hydrogen) atoms. The number of hydrogen-bond acceptors (Lipinski definition) is 6. The molecule has 2 heterocycles. The van der Waals surface area contributed by atoms with E-state index in [1.165, 1.54) is 0 Å². The Morgan fingerprint density at radius 3 is 0.981 bits per heavy atom. The average Bonchev–Trinajstić information content (AvgIpc) is 3.16. The quantitative estimate of drug-likeness (QED) is 0.163. The molecule has 6 aromatic carbocycles. The Balaban J connectivity index is 1.26. The van der Waals surface area contributed by atoms with E-state index in [1.807, 2.05) is 72.8 Å². The first-order chi connectivity index (χ1) is 26.1. The zero-order chi connectivity index (χ0) is 37.7. The van der Waals surface area contributed by atoms with Gasteiger partial charge in [-0.3, -0.25) is 0 Å². The van der Waals surface area contributed by atoms with Crippen LogP contribution in [-0.2, 0) is 0 Å². The van der Waals surface area contributed by atoms with Gasteiger partial charge in [0, 0.05) is 45.2 Å². The van der Waals surface area contributed by atoms with Crippen LogP contribution in [0.5, 0.6) is 34.5 Å². The van der Waals surface area contributed by atoms with E-state index in [4.69, 9.17) is 27.1 Å². The van der Waals surface area contributed by atoms with Gasteiger partial charge in [-0.05, 0) is 99.2 Å². The van der Waals surface area contributed by atoms with Gasteiger partial charge >= 0.3 is 17.2 Å². The average molecular weight is 755 g/mol. The lowest BCUT2D eigenvalue weighted by Crippen LogP contribution is -2.12. The molecule has 8 heteroatoms. The van der Waals surface area contributed by atoms with Crippen molar-refractivity contribution >= 4 is 17.2 Å². The van der Waals surface area contributed by atoms with Gasteiger partial charge in [0.05, 0.1) is 0 Å². The van der Waals surface area contributed by atoms with Crippen molar-refractivity contribution in [3.63, 3.8) is 0 Å². The maximum absolute atomic E-state index is 7.02. The van der Waals surface area contributed by atoms with Gasteiger partial charge in [0.2, 0.25) is 0 Å². The summed E-state index contributed by atoms with van der Waals surface area (Å²) < 4.78 is 40.7. The predicted molar refractivity (Wildman–Crippen MR) is 219 cm³/mol. The molecule has 0 unspecified atom stereocenters. The van der Waals surface area contributed by atoms with Crippen LogP contribution < -0.4 is 27.1 Å². The normalized spacial score (nSPS) is 18.6. The molecule has 2 aliphatic rings. The summed E-state index contributed by atoms with van der Waals surface area (Å²) in [6, 6.07) is 36.9. The van der Waals surface area contributed by atoms with Crippen LogP contribution in [0.15, 0.2) is 109 Å². The van der Waals surface area contributed by atoms with Crippen molar-refractivity contribution in [2.24, 2.45) is 0 Å². The van der Waals surface area contributed by atoms with Crippen molar-refractivity contribution in [2.75, 3.05) is 0 Å². The molecular weight excluding hydrogens is 710 g/mol. The van der Waals surface area contributed by atoms with Gasteiger partial charge in [-0.1, -0.05) is 98.8 Å². The smallest absolute Gasteiger partial charge is 0.408 e. The summed E-state index contributed by atoms with van der Waals surface area (Å²) in [5.41, 5.74) is 12.5. The topological polar surface area (TPSA) is 55.4 Å². The van der Waals surface area contributed by atoms with Crippen molar-refractivity contribution in [3.8, 4) is 45.6 Å². The fourth-order valence-corrected chi connectivity index (χ4v) is 9.87. The van der Waals surface area contributed by atoms with E-state index in [2.05, 4.69) is 91.8 Å². The Morgan fingerprint density at radius 2 is 0.685 bits per heavy atom. The van der Waals surface area contributed by atoms with Crippen LogP contribution >= 0.6 is 17.2 Å². The predicted octanol–water partition coefficient (Wildman–Crippen LogP) is 13.7. The van der Waals surface area contributed by atoms with Crippen molar-refractivity contribution in [3.05, 3.63) is 165 Å². The molecule has 6 nitrogen and oxygen atoms in total. The molecule has 274 valence electrons. The molecule has 0 radical (unpaired) electrons. The molecule has 8 rings (SSSR count). The van der Waals surface area contributed by atoms with Gasteiger partial charge in [-0.2, -0.15) is 0 Å². The summed E-state index contributed by atoms with van der Waals surface area (Å²) in [5.74, 6) is 4.51. The van der Waals surface area contributed by atoms with Crippen LogP contribution in [0.25, 0.3) is 11.1 Å². The molecule has 0 amide bonds. The van der Waals surface area contributed by atoms with Crippen molar-refractivity contribution in [1.82, 2.24) is 0 Å². The maximum Gasteiger partial charge on any atom is 0.530 e. The number of hydrogen-bond donors (Lipinski definition) is 0. The van der Waals surface area contributed by atoms with Crippen LogP contribution in [0.4, 0.5) is 0 Å². The van der Waals surface area contributed by atoms with Crippen molar-refractivity contribution in [1.29, 1.82) is 0 Å². The van der Waals surface area contributed by atoms with Gasteiger partial charge in [-0.25, -0.2) is 0 Å². The zero-order valence-corrected chi connectivity index (χ0v) is 33.7. The van der Waals surface area contributed by atoms with Crippen molar-refractivity contribution in [2.45, 2.75) is 67.2 Å². The summed E-state index contributed by atoms with van der Waals surface area (Å²) in [6.45, 7) is 17.1. The third-order valence-corrected chi connectivity index (χ3v) is 12.8. The lowest BCUT2D eigenvalue weighted by atomic mass is 9.87. The Morgan fingerprint density at radius 1 is 0.407 bits per heavy atom. The monoisotopic (exact) mass is 754 g/mol. The lowest BCUT2D eigenvalue weighted by Gasteiger charge is -2.30. The van der Waals surface area contributed by atoms with Crippen LogP contribution in [0.1, 0.15) is 81.3 Å². The first-order valence-electron chi connectivity index (χ1n) is 18.3. The maximum atomic E-state index is 7.02. The SMILES string of the molecule is Cc1cc(C)c(OP2Oc3ccccc3C(C)c3ccccc3O2)c(-c2c(C)c(C)cc(C)c2OP2Oc3ccccc3C(C)c3ccccc3O2)c1C. The lowest BCUT2D eigenvalue weighted by molar-refractivity contribution is 0.375. The van der Waals surface area contributed by atoms with E-state index in [0.717, 1.165) is 89.8 Å². The highest BCUT2D eigenvalue weighted by atomic mass is 31.2. The molecule has 2 aliphatic heterocycles. The Labute approximate surface area is 321 Å². The summed E-state index contributed by atoms with van der Waals surface area (Å²) in [6.07, 6.45) is 0. The zero-order valence-electron chi connectivity index (χ0n) is 31.9. The minimum Gasteiger partial charge on any atom is -0.408 e. The molecule has 6 aromatic rings. The Bertz CT molecular complexity index is 2120. The highest BCUT2D eigenvalue weighted by Crippen LogP contribution is 2.56. The Kier molecular flexibility index (Phi) is 9.77. The van der Waals surface area contributed by atoms with Gasteiger partial charge < -0.3 is 27.1 Å². The minimum absolute atomic E-state index is 0.0768. The third kappa shape index (κ3) is 6.57. The van der Waals surface area contributed by atoms with Gasteiger partial charge in [0.1, 0.15) is 34.5 Å². The molecule has 0 fully saturated rings. The minimum atomic E-state index is -1.93. The number of aryl methyl sites for hydroxylation is 4. The molecule has 0 aliphatic carbocycles. The first-order valence-corrected chi connectivity index (χ1v) is 20.5. The molecular formula is C46H44O6P2. The number of fused-ring (bicyclic) bond motifs is 4. The molecule has 0 aromatic heterocycles. The van der Waals surface area contributed by atoms with Crippen LogP contribution in [0.3, 0.4) is 0 Å². The molecule has 0 spiro atoms. The van der Waals surface area contributed by atoms with Crippen molar-refractivity contribution < 1.29 is 27.1 Å². The van der Waals surface area contributed by atoms with Crippen LogP contribution in [0.2, 0.25) is 0 Å². The second-order valence-electron chi connectivity index (χ2n) is 14.3. The molecule has 0 atom stereocenters. The summed E-state index contributed by atoms with van der Waals surface area (Å²) >= 11 is 0. The Hall–Kier alpha value is -5.02. The second-order valence-corrected chi connectivity index (χ2v) is 16.3. The molecule has 0 saturated carbocycles. The molecule has 0 N–H and O–H groups in total. The first kappa shape index (κ1) is 36.0. The van der Waals surface area contributed by atoms with Gasteiger partial charge in [0.15, 0.2) is 0 Å². The number of benzene rings is 6. The summed E-state index contributed by atoms with van der Waals surface area (Å²) in [5, 5.41) is 0. The van der Waals surface area contributed by atoms with E-state index in [9.17, 15) is 0 Å². The van der Waals surface area contributed by atoms with Crippen LogP contribution in [0, 0.1) is 41.5 Å². The van der Waals surface area contributed by atoms with E-state index >= 15 is 0 Å². The van der Waals surface area contributed by atoms with E-state index in [0.29, 0.717) is 11.5 Å². The van der Waals surface area contributed by atoms with Gasteiger partial charge in [0.25, 0.3) is 0 Å². The van der Waals surface area contributed by atoms with E-state index in [1.54, 1.807) is 0 Å². The fourth-order valence-electron chi connectivity index (χ4n) is 7.57. The summed E-state index contributed by atoms with van der Waals surface area (Å²) in [4.78, 5) is 0. The van der Waals surface area contributed by atoms with Crippen LogP contribution in [-0.4, -0.2) is 0 Å².